The molecule has 2 aromatic heterocycles. The first-order valence-corrected chi connectivity index (χ1v) is 6.12. The second kappa shape index (κ2) is 3.77. The molecule has 2 heterocycles. The summed E-state index contributed by atoms with van der Waals surface area (Å²) in [7, 11) is 0. The Kier molecular flexibility index (Phi) is 2.36. The van der Waals surface area contributed by atoms with Gasteiger partial charge < -0.3 is 5.73 Å². The molecule has 1 fully saturated rings. The van der Waals surface area contributed by atoms with Crippen LogP contribution in [0.5, 0.6) is 0 Å². The lowest BCUT2D eigenvalue weighted by Gasteiger charge is -2.37. The van der Waals surface area contributed by atoms with Gasteiger partial charge in [0.05, 0.1) is 0 Å². The molecule has 1 saturated carbocycles. The fourth-order valence-corrected chi connectivity index (χ4v) is 2.77. The molecule has 2 unspecified atom stereocenters. The lowest BCUT2D eigenvalue weighted by atomic mass is 9.71. The molecule has 2 atom stereocenters. The summed E-state index contributed by atoms with van der Waals surface area (Å²) in [6.45, 7) is 2.19. The standard InChI is InChI=1S/C12H17N5/c1-12(6-3-2-4-9(12)13)11-16-15-10-5-7-14-8-17(10)11/h5,7-9H,2-4,6,13H2,1H3. The Labute approximate surface area is 100 Å². The van der Waals surface area contributed by atoms with Crippen molar-refractivity contribution in [3.8, 4) is 0 Å². The van der Waals surface area contributed by atoms with Crippen molar-refractivity contribution in [3.63, 3.8) is 0 Å². The molecule has 90 valence electrons. The van der Waals surface area contributed by atoms with Crippen molar-refractivity contribution < 1.29 is 0 Å². The van der Waals surface area contributed by atoms with E-state index in [1.807, 2.05) is 10.5 Å². The summed E-state index contributed by atoms with van der Waals surface area (Å²) in [5.74, 6) is 0.952. The van der Waals surface area contributed by atoms with Gasteiger partial charge in [-0.15, -0.1) is 10.2 Å². The zero-order valence-electron chi connectivity index (χ0n) is 10.0. The smallest absolute Gasteiger partial charge is 0.163 e. The molecule has 2 N–H and O–H groups in total. The molecule has 0 radical (unpaired) electrons. The van der Waals surface area contributed by atoms with Gasteiger partial charge in [-0.05, 0) is 12.8 Å². The van der Waals surface area contributed by atoms with E-state index in [2.05, 4.69) is 22.1 Å². The van der Waals surface area contributed by atoms with Crippen molar-refractivity contribution in [3.05, 3.63) is 24.4 Å². The van der Waals surface area contributed by atoms with E-state index < -0.39 is 0 Å². The van der Waals surface area contributed by atoms with Gasteiger partial charge in [0.15, 0.2) is 5.65 Å². The minimum atomic E-state index is -0.0826. The molecule has 1 aliphatic carbocycles. The maximum atomic E-state index is 6.29. The molecular formula is C12H17N5. The van der Waals surface area contributed by atoms with E-state index in [1.165, 1.54) is 12.8 Å². The quantitative estimate of drug-likeness (QED) is 0.802. The third-order valence-electron chi connectivity index (χ3n) is 4.00. The van der Waals surface area contributed by atoms with Crippen LogP contribution in [0.3, 0.4) is 0 Å². The monoisotopic (exact) mass is 231 g/mol. The fourth-order valence-electron chi connectivity index (χ4n) is 2.77. The zero-order valence-corrected chi connectivity index (χ0v) is 10.0. The normalized spacial score (nSPS) is 29.6. The van der Waals surface area contributed by atoms with Crippen LogP contribution in [0, 0.1) is 0 Å². The molecule has 0 spiro atoms. The van der Waals surface area contributed by atoms with Crippen LogP contribution in [0.4, 0.5) is 0 Å². The second-order valence-corrected chi connectivity index (χ2v) is 5.10. The van der Waals surface area contributed by atoms with Crippen LogP contribution in [0.15, 0.2) is 18.6 Å². The molecule has 0 amide bonds. The molecule has 0 saturated heterocycles. The number of hydrogen-bond acceptors (Lipinski definition) is 4. The van der Waals surface area contributed by atoms with Gasteiger partial charge in [0.1, 0.15) is 12.2 Å². The molecule has 0 aromatic carbocycles. The largest absolute Gasteiger partial charge is 0.327 e. The van der Waals surface area contributed by atoms with Crippen molar-refractivity contribution in [2.24, 2.45) is 5.73 Å². The Balaban J connectivity index is 2.13. The highest BCUT2D eigenvalue weighted by Crippen LogP contribution is 2.37. The SMILES string of the molecule is CC1(c2nnc3ccncn23)CCCCC1N. The van der Waals surface area contributed by atoms with Gasteiger partial charge in [-0.3, -0.25) is 4.40 Å². The van der Waals surface area contributed by atoms with Crippen LogP contribution in [-0.2, 0) is 5.41 Å². The Hall–Kier alpha value is -1.49. The minimum Gasteiger partial charge on any atom is -0.327 e. The predicted octanol–water partition coefficient (Wildman–Crippen LogP) is 1.28. The van der Waals surface area contributed by atoms with E-state index in [1.54, 1.807) is 12.5 Å². The summed E-state index contributed by atoms with van der Waals surface area (Å²) in [6, 6.07) is 2.03. The lowest BCUT2D eigenvalue weighted by Crippen LogP contribution is -2.46. The van der Waals surface area contributed by atoms with Gasteiger partial charge >= 0.3 is 0 Å². The average molecular weight is 231 g/mol. The Morgan fingerprint density at radius 3 is 3.12 bits per heavy atom. The van der Waals surface area contributed by atoms with E-state index in [0.29, 0.717) is 0 Å². The first-order valence-electron chi connectivity index (χ1n) is 6.12. The average Bonchev–Trinajstić information content (AvgIpc) is 2.77. The van der Waals surface area contributed by atoms with Crippen LogP contribution in [0.2, 0.25) is 0 Å². The summed E-state index contributed by atoms with van der Waals surface area (Å²) in [4.78, 5) is 4.14. The van der Waals surface area contributed by atoms with E-state index in [4.69, 9.17) is 5.73 Å². The second-order valence-electron chi connectivity index (χ2n) is 5.10. The minimum absolute atomic E-state index is 0.0826. The summed E-state index contributed by atoms with van der Waals surface area (Å²) >= 11 is 0. The van der Waals surface area contributed by atoms with Crippen molar-refractivity contribution in [2.45, 2.75) is 44.1 Å². The summed E-state index contributed by atoms with van der Waals surface area (Å²) in [5, 5.41) is 8.53. The van der Waals surface area contributed by atoms with E-state index in [-0.39, 0.29) is 11.5 Å². The highest BCUT2D eigenvalue weighted by molar-refractivity contribution is 5.37. The molecule has 17 heavy (non-hydrogen) atoms. The zero-order chi connectivity index (χ0) is 11.9. The maximum absolute atomic E-state index is 6.29. The molecule has 3 rings (SSSR count). The molecule has 0 bridgehead atoms. The number of fused-ring (bicyclic) bond motifs is 1. The molecule has 2 aromatic rings. The van der Waals surface area contributed by atoms with Crippen molar-refractivity contribution in [2.75, 3.05) is 0 Å². The Bertz CT molecular complexity index is 534. The first-order chi connectivity index (χ1) is 8.22. The van der Waals surface area contributed by atoms with Gasteiger partial charge in [0.25, 0.3) is 0 Å². The molecule has 5 heteroatoms. The van der Waals surface area contributed by atoms with Crippen LogP contribution < -0.4 is 5.73 Å². The van der Waals surface area contributed by atoms with E-state index in [0.717, 1.165) is 24.3 Å². The molecule has 0 aliphatic heterocycles. The molecular weight excluding hydrogens is 214 g/mol. The van der Waals surface area contributed by atoms with Crippen LogP contribution >= 0.6 is 0 Å². The first kappa shape index (κ1) is 10.7. The third-order valence-corrected chi connectivity index (χ3v) is 4.00. The van der Waals surface area contributed by atoms with E-state index >= 15 is 0 Å². The predicted molar refractivity (Wildman–Crippen MR) is 64.6 cm³/mol. The van der Waals surface area contributed by atoms with Gasteiger partial charge in [-0.2, -0.15) is 0 Å². The van der Waals surface area contributed by atoms with Gasteiger partial charge in [0.2, 0.25) is 0 Å². The van der Waals surface area contributed by atoms with E-state index in [9.17, 15) is 0 Å². The van der Waals surface area contributed by atoms with Crippen molar-refractivity contribution in [1.29, 1.82) is 0 Å². The van der Waals surface area contributed by atoms with Gasteiger partial charge in [0, 0.05) is 23.7 Å². The van der Waals surface area contributed by atoms with Crippen LogP contribution in [0.1, 0.15) is 38.4 Å². The molecule has 5 nitrogen and oxygen atoms in total. The summed E-state index contributed by atoms with van der Waals surface area (Å²) in [6.07, 6.45) is 8.06. The Morgan fingerprint density at radius 1 is 1.41 bits per heavy atom. The Morgan fingerprint density at radius 2 is 2.29 bits per heavy atom. The van der Waals surface area contributed by atoms with Crippen molar-refractivity contribution in [1.82, 2.24) is 19.6 Å². The number of nitrogens with two attached hydrogens (primary N) is 1. The van der Waals surface area contributed by atoms with Crippen LogP contribution in [-0.4, -0.2) is 25.6 Å². The van der Waals surface area contributed by atoms with Crippen LogP contribution in [0.25, 0.3) is 5.65 Å². The summed E-state index contributed by atoms with van der Waals surface area (Å²) in [5.41, 5.74) is 7.05. The maximum Gasteiger partial charge on any atom is 0.163 e. The number of rotatable bonds is 1. The lowest BCUT2D eigenvalue weighted by molar-refractivity contribution is 0.256. The number of aromatic nitrogens is 4. The number of hydrogen-bond donors (Lipinski definition) is 1. The summed E-state index contributed by atoms with van der Waals surface area (Å²) < 4.78 is 1.96. The van der Waals surface area contributed by atoms with Gasteiger partial charge in [-0.1, -0.05) is 19.8 Å². The van der Waals surface area contributed by atoms with Crippen molar-refractivity contribution >= 4 is 5.65 Å². The van der Waals surface area contributed by atoms with Gasteiger partial charge in [-0.25, -0.2) is 4.98 Å². The third kappa shape index (κ3) is 1.53. The molecule has 1 aliphatic rings. The number of nitrogens with zero attached hydrogens (tertiary/aromatic N) is 4. The highest BCUT2D eigenvalue weighted by Gasteiger charge is 2.39. The highest BCUT2D eigenvalue weighted by atomic mass is 15.3. The fraction of sp³-hybridized carbons (Fsp3) is 0.583. The topological polar surface area (TPSA) is 69.1 Å².